The zero-order valence-corrected chi connectivity index (χ0v) is 15.6. The topological polar surface area (TPSA) is 35.1 Å². The van der Waals surface area contributed by atoms with Crippen LogP contribution in [0, 0.1) is 0 Å². The van der Waals surface area contributed by atoms with E-state index in [1.54, 1.807) is 12.1 Å². The van der Waals surface area contributed by atoms with Crippen molar-refractivity contribution in [2.75, 3.05) is 19.7 Å². The summed E-state index contributed by atoms with van der Waals surface area (Å²) in [5.41, 5.74) is 1.90. The van der Waals surface area contributed by atoms with Gasteiger partial charge in [0.15, 0.2) is 0 Å². The standard InChI is InChI=1S/C20H22F3NO2.ClH/c21-20(22,23)26-18-8-4-5-16(13-18)14-25-15-19(9-11-24-12-10-19)17-6-2-1-3-7-17;/h1-8,13,24H,9-12,14-15H2;1H. The van der Waals surface area contributed by atoms with Gasteiger partial charge in [0.2, 0.25) is 0 Å². The first-order valence-electron chi connectivity index (χ1n) is 8.77. The van der Waals surface area contributed by atoms with Crippen LogP contribution in [0.1, 0.15) is 24.0 Å². The van der Waals surface area contributed by atoms with E-state index < -0.39 is 6.36 Å². The van der Waals surface area contributed by atoms with Crippen molar-refractivity contribution in [3.8, 4) is 5.75 Å². The number of alkyl halides is 3. The minimum Gasteiger partial charge on any atom is -1.00 e. The van der Waals surface area contributed by atoms with E-state index in [0.29, 0.717) is 12.2 Å². The van der Waals surface area contributed by atoms with Crippen LogP contribution >= 0.6 is 0 Å². The van der Waals surface area contributed by atoms with Crippen LogP contribution in [0.3, 0.4) is 0 Å². The molecule has 2 aromatic carbocycles. The van der Waals surface area contributed by atoms with Gasteiger partial charge in [-0.05, 0) is 23.3 Å². The summed E-state index contributed by atoms with van der Waals surface area (Å²) >= 11 is 0. The molecule has 0 bridgehead atoms. The van der Waals surface area contributed by atoms with E-state index in [1.165, 1.54) is 17.7 Å². The van der Waals surface area contributed by atoms with Crippen molar-refractivity contribution in [3.05, 3.63) is 65.7 Å². The van der Waals surface area contributed by atoms with Gasteiger partial charge < -0.3 is 27.2 Å². The van der Waals surface area contributed by atoms with Crippen LogP contribution in [0.15, 0.2) is 54.6 Å². The number of benzene rings is 2. The summed E-state index contributed by atoms with van der Waals surface area (Å²) in [6.07, 6.45) is -2.64. The number of rotatable bonds is 6. The fraction of sp³-hybridized carbons (Fsp3) is 0.400. The average molecular weight is 402 g/mol. The van der Waals surface area contributed by atoms with Crippen molar-refractivity contribution in [2.24, 2.45) is 0 Å². The van der Waals surface area contributed by atoms with Crippen molar-refractivity contribution in [2.45, 2.75) is 31.2 Å². The second-order valence-electron chi connectivity index (χ2n) is 6.70. The molecule has 0 saturated carbocycles. The van der Waals surface area contributed by atoms with Gasteiger partial charge in [-0.25, -0.2) is 0 Å². The Morgan fingerprint density at radius 1 is 0.963 bits per heavy atom. The number of hydrogen-bond acceptors (Lipinski definition) is 2. The first-order chi connectivity index (χ1) is 12.5. The van der Waals surface area contributed by atoms with E-state index in [1.807, 2.05) is 18.2 Å². The molecule has 0 spiro atoms. The minimum atomic E-state index is -4.69. The van der Waals surface area contributed by atoms with Gasteiger partial charge in [0.1, 0.15) is 5.75 Å². The molecular weight excluding hydrogens is 379 g/mol. The van der Waals surface area contributed by atoms with E-state index in [4.69, 9.17) is 4.74 Å². The lowest BCUT2D eigenvalue weighted by Gasteiger charge is -2.36. The Bertz CT molecular complexity index is 704. The number of hydrogen-bond donors (Lipinski definition) is 1. The lowest BCUT2D eigenvalue weighted by molar-refractivity contribution is -0.666. The SMILES string of the molecule is FC(F)(F)Oc1cccc(COCC2(c3ccccc3)CC[NH2+]CC2)c1.[Cl-]. The fourth-order valence-electron chi connectivity index (χ4n) is 3.53. The third-order valence-corrected chi connectivity index (χ3v) is 4.82. The second kappa shape index (κ2) is 9.44. The largest absolute Gasteiger partial charge is 1.00 e. The Kier molecular flexibility index (Phi) is 7.53. The Balaban J connectivity index is 0.00000261. The fourth-order valence-corrected chi connectivity index (χ4v) is 3.53. The van der Waals surface area contributed by atoms with Crippen LogP contribution in [-0.2, 0) is 16.8 Å². The number of quaternary nitrogens is 1. The molecule has 1 fully saturated rings. The third-order valence-electron chi connectivity index (χ3n) is 4.82. The molecule has 3 rings (SSSR count). The minimum absolute atomic E-state index is 0. The smallest absolute Gasteiger partial charge is 0.573 e. The van der Waals surface area contributed by atoms with Crippen molar-refractivity contribution in [3.63, 3.8) is 0 Å². The molecule has 1 aliphatic rings. The van der Waals surface area contributed by atoms with Crippen LogP contribution in [0.5, 0.6) is 5.75 Å². The lowest BCUT2D eigenvalue weighted by atomic mass is 9.74. The first-order valence-corrected chi connectivity index (χ1v) is 8.77. The zero-order chi connectivity index (χ0) is 18.5. The van der Waals surface area contributed by atoms with Gasteiger partial charge in [-0.2, -0.15) is 0 Å². The Morgan fingerprint density at radius 3 is 2.33 bits per heavy atom. The van der Waals surface area contributed by atoms with Crippen LogP contribution in [-0.4, -0.2) is 26.1 Å². The molecule has 7 heteroatoms. The number of ether oxygens (including phenoxy) is 2. The molecule has 1 aliphatic heterocycles. The summed E-state index contributed by atoms with van der Waals surface area (Å²) in [5.74, 6) is -0.219. The lowest BCUT2D eigenvalue weighted by Crippen LogP contribution is -3.00. The van der Waals surface area contributed by atoms with Gasteiger partial charge in [-0.15, -0.1) is 13.2 Å². The average Bonchev–Trinajstić information content (AvgIpc) is 2.62. The third kappa shape index (κ3) is 6.13. The summed E-state index contributed by atoms with van der Waals surface area (Å²) < 4.78 is 47.0. The highest BCUT2D eigenvalue weighted by atomic mass is 35.5. The van der Waals surface area contributed by atoms with E-state index in [9.17, 15) is 13.2 Å². The highest BCUT2D eigenvalue weighted by Gasteiger charge is 2.36. The molecule has 1 saturated heterocycles. The highest BCUT2D eigenvalue weighted by molar-refractivity contribution is 5.29. The van der Waals surface area contributed by atoms with E-state index >= 15 is 0 Å². The van der Waals surface area contributed by atoms with Crippen molar-refractivity contribution >= 4 is 0 Å². The van der Waals surface area contributed by atoms with Crippen LogP contribution in [0.25, 0.3) is 0 Å². The molecule has 2 aromatic rings. The normalized spacial score (nSPS) is 16.4. The van der Waals surface area contributed by atoms with E-state index in [2.05, 4.69) is 22.2 Å². The van der Waals surface area contributed by atoms with Gasteiger partial charge in [0.25, 0.3) is 0 Å². The molecule has 2 N–H and O–H groups in total. The predicted octanol–water partition coefficient (Wildman–Crippen LogP) is 0.401. The molecule has 0 aliphatic carbocycles. The maximum atomic E-state index is 12.3. The molecule has 0 atom stereocenters. The number of halogens is 4. The second-order valence-corrected chi connectivity index (χ2v) is 6.70. The van der Waals surface area contributed by atoms with E-state index in [0.717, 1.165) is 25.9 Å². The van der Waals surface area contributed by atoms with Gasteiger partial charge in [-0.1, -0.05) is 42.5 Å². The maximum Gasteiger partial charge on any atom is 0.573 e. The van der Waals surface area contributed by atoms with Gasteiger partial charge in [0.05, 0.1) is 26.3 Å². The van der Waals surface area contributed by atoms with Crippen LogP contribution < -0.4 is 22.5 Å². The summed E-state index contributed by atoms with van der Waals surface area (Å²) in [6.45, 7) is 2.91. The Morgan fingerprint density at radius 2 is 1.67 bits per heavy atom. The Labute approximate surface area is 163 Å². The molecule has 3 nitrogen and oxygen atoms in total. The van der Waals surface area contributed by atoms with Crippen LogP contribution in [0.4, 0.5) is 13.2 Å². The predicted molar refractivity (Wildman–Crippen MR) is 91.8 cm³/mol. The summed E-state index contributed by atoms with van der Waals surface area (Å²) in [5, 5.41) is 2.30. The molecular formula is C20H23ClF3NO2. The molecule has 1 heterocycles. The van der Waals surface area contributed by atoms with Crippen molar-refractivity contribution < 1.29 is 40.4 Å². The molecule has 27 heavy (non-hydrogen) atoms. The van der Waals surface area contributed by atoms with E-state index in [-0.39, 0.29) is 30.2 Å². The van der Waals surface area contributed by atoms with Gasteiger partial charge in [0, 0.05) is 18.3 Å². The molecule has 0 radical (unpaired) electrons. The summed E-state index contributed by atoms with van der Waals surface area (Å²) in [6, 6.07) is 16.3. The highest BCUT2D eigenvalue weighted by Crippen LogP contribution is 2.33. The summed E-state index contributed by atoms with van der Waals surface area (Å²) in [7, 11) is 0. The monoisotopic (exact) mass is 401 g/mol. The number of nitrogens with two attached hydrogens (primary N) is 1. The quantitative estimate of drug-likeness (QED) is 0.760. The summed E-state index contributed by atoms with van der Waals surface area (Å²) in [4.78, 5) is 0. The van der Waals surface area contributed by atoms with Gasteiger partial charge in [-0.3, -0.25) is 0 Å². The molecule has 0 aromatic heterocycles. The van der Waals surface area contributed by atoms with Gasteiger partial charge >= 0.3 is 6.36 Å². The van der Waals surface area contributed by atoms with Crippen molar-refractivity contribution in [1.82, 2.24) is 0 Å². The van der Waals surface area contributed by atoms with Crippen molar-refractivity contribution in [1.29, 1.82) is 0 Å². The Hall–Kier alpha value is -1.76. The number of piperidine rings is 1. The zero-order valence-electron chi connectivity index (χ0n) is 14.8. The molecule has 0 unspecified atom stereocenters. The first kappa shape index (κ1) is 21.5. The molecule has 0 amide bonds. The maximum absolute atomic E-state index is 12.3. The molecule has 148 valence electrons. The van der Waals surface area contributed by atoms with Crippen LogP contribution in [0.2, 0.25) is 0 Å².